The van der Waals surface area contributed by atoms with Gasteiger partial charge in [-0.1, -0.05) is 0 Å². The first kappa shape index (κ1) is 14.9. The van der Waals surface area contributed by atoms with Crippen molar-refractivity contribution in [2.24, 2.45) is 0 Å². The molecule has 1 fully saturated rings. The Morgan fingerprint density at radius 3 is 1.47 bits per heavy atom. The highest BCUT2D eigenvalue weighted by Gasteiger charge is 2.13. The summed E-state index contributed by atoms with van der Waals surface area (Å²) in [4.78, 5) is 5.07. The van der Waals surface area contributed by atoms with Gasteiger partial charge in [0.05, 0.1) is 13.2 Å². The van der Waals surface area contributed by atoms with Crippen molar-refractivity contribution >= 4 is 0 Å². The van der Waals surface area contributed by atoms with Crippen molar-refractivity contribution in [3.8, 4) is 0 Å². The van der Waals surface area contributed by atoms with Gasteiger partial charge < -0.3 is 4.74 Å². The van der Waals surface area contributed by atoms with Crippen LogP contribution in [0.2, 0.25) is 0 Å². The van der Waals surface area contributed by atoms with Crippen LogP contribution in [-0.4, -0.2) is 61.3 Å². The number of hydrogen-bond acceptors (Lipinski definition) is 3. The van der Waals surface area contributed by atoms with Crippen molar-refractivity contribution in [1.82, 2.24) is 9.80 Å². The van der Waals surface area contributed by atoms with E-state index >= 15 is 0 Å². The van der Waals surface area contributed by atoms with Crippen LogP contribution in [-0.2, 0) is 4.74 Å². The summed E-state index contributed by atoms with van der Waals surface area (Å²) in [6.45, 7) is 15.5. The molecule has 0 aromatic rings. The van der Waals surface area contributed by atoms with E-state index in [2.05, 4.69) is 37.5 Å². The predicted octanol–water partition coefficient (Wildman–Crippen LogP) is 2.22. The third-order valence-corrected chi connectivity index (χ3v) is 3.65. The van der Waals surface area contributed by atoms with Crippen molar-refractivity contribution in [3.63, 3.8) is 0 Å². The van der Waals surface area contributed by atoms with Gasteiger partial charge in [-0.05, 0) is 53.6 Å². The zero-order valence-electron chi connectivity index (χ0n) is 12.1. The van der Waals surface area contributed by atoms with Gasteiger partial charge in [0, 0.05) is 25.2 Å². The van der Waals surface area contributed by atoms with Crippen LogP contribution in [0, 0.1) is 0 Å². The third-order valence-electron chi connectivity index (χ3n) is 3.65. The van der Waals surface area contributed by atoms with E-state index in [0.717, 1.165) is 26.3 Å². The molecule has 0 radical (unpaired) electrons. The highest BCUT2D eigenvalue weighted by atomic mass is 16.5. The topological polar surface area (TPSA) is 15.7 Å². The van der Waals surface area contributed by atoms with Gasteiger partial charge in [0.25, 0.3) is 0 Å². The van der Waals surface area contributed by atoms with E-state index < -0.39 is 0 Å². The predicted molar refractivity (Wildman–Crippen MR) is 73.5 cm³/mol. The van der Waals surface area contributed by atoms with Crippen LogP contribution < -0.4 is 0 Å². The molecule has 0 bridgehead atoms. The van der Waals surface area contributed by atoms with E-state index in [1.54, 1.807) is 0 Å². The maximum absolute atomic E-state index is 5.74. The maximum Gasteiger partial charge on any atom is 0.0594 e. The standard InChI is InChI=1S/C14H30N2O/c1-13(2)15-7-5-6-8-16(14(3)4)10-12-17-11-9-15/h13-14H,5-12H2,1-4H3. The summed E-state index contributed by atoms with van der Waals surface area (Å²) in [5.74, 6) is 0. The summed E-state index contributed by atoms with van der Waals surface area (Å²) in [6, 6.07) is 1.28. The fourth-order valence-electron chi connectivity index (χ4n) is 2.35. The lowest BCUT2D eigenvalue weighted by atomic mass is 10.2. The van der Waals surface area contributed by atoms with Crippen molar-refractivity contribution in [1.29, 1.82) is 0 Å². The smallest absolute Gasteiger partial charge is 0.0594 e. The van der Waals surface area contributed by atoms with Gasteiger partial charge in [0.15, 0.2) is 0 Å². The van der Waals surface area contributed by atoms with Gasteiger partial charge in [0.1, 0.15) is 0 Å². The molecule has 0 aromatic heterocycles. The lowest BCUT2D eigenvalue weighted by Gasteiger charge is -2.26. The van der Waals surface area contributed by atoms with Gasteiger partial charge in [-0.25, -0.2) is 0 Å². The van der Waals surface area contributed by atoms with E-state index in [0.29, 0.717) is 12.1 Å². The lowest BCUT2D eigenvalue weighted by Crippen LogP contribution is -2.34. The highest BCUT2D eigenvalue weighted by Crippen LogP contribution is 2.06. The normalized spacial score (nSPS) is 22.9. The molecular formula is C14H30N2O. The second-order valence-corrected chi connectivity index (χ2v) is 5.58. The number of ether oxygens (including phenoxy) is 1. The molecule has 17 heavy (non-hydrogen) atoms. The Hall–Kier alpha value is -0.120. The second-order valence-electron chi connectivity index (χ2n) is 5.58. The molecule has 0 spiro atoms. The van der Waals surface area contributed by atoms with Crippen molar-refractivity contribution in [2.75, 3.05) is 39.4 Å². The zero-order chi connectivity index (χ0) is 12.7. The molecule has 0 saturated carbocycles. The minimum Gasteiger partial charge on any atom is -0.379 e. The molecule has 0 amide bonds. The van der Waals surface area contributed by atoms with E-state index in [1.165, 1.54) is 25.9 Å². The molecule has 3 nitrogen and oxygen atoms in total. The molecule has 0 unspecified atom stereocenters. The number of nitrogens with zero attached hydrogens (tertiary/aromatic N) is 2. The van der Waals surface area contributed by atoms with Gasteiger partial charge in [0.2, 0.25) is 0 Å². The Kier molecular flexibility index (Phi) is 7.09. The first-order chi connectivity index (χ1) is 8.11. The molecule has 0 aromatic carbocycles. The van der Waals surface area contributed by atoms with Crippen LogP contribution >= 0.6 is 0 Å². The van der Waals surface area contributed by atoms with Crippen LogP contribution in [0.25, 0.3) is 0 Å². The summed E-state index contributed by atoms with van der Waals surface area (Å²) < 4.78 is 5.74. The Morgan fingerprint density at radius 1 is 0.706 bits per heavy atom. The van der Waals surface area contributed by atoms with Crippen LogP contribution in [0.5, 0.6) is 0 Å². The van der Waals surface area contributed by atoms with Crippen LogP contribution in [0.1, 0.15) is 40.5 Å². The SMILES string of the molecule is CC(C)N1CCCCN(C(C)C)CCOCC1. The van der Waals surface area contributed by atoms with Crippen LogP contribution in [0.3, 0.4) is 0 Å². The summed E-state index contributed by atoms with van der Waals surface area (Å²) in [5, 5.41) is 0. The summed E-state index contributed by atoms with van der Waals surface area (Å²) in [5.41, 5.74) is 0. The molecular weight excluding hydrogens is 212 g/mol. The molecule has 0 aliphatic carbocycles. The third kappa shape index (κ3) is 5.84. The van der Waals surface area contributed by atoms with Crippen molar-refractivity contribution in [2.45, 2.75) is 52.6 Å². The number of hydrogen-bond donors (Lipinski definition) is 0. The maximum atomic E-state index is 5.74. The second kappa shape index (κ2) is 8.06. The van der Waals surface area contributed by atoms with Gasteiger partial charge >= 0.3 is 0 Å². The van der Waals surface area contributed by atoms with Crippen molar-refractivity contribution < 1.29 is 4.74 Å². The molecule has 1 saturated heterocycles. The Morgan fingerprint density at radius 2 is 1.12 bits per heavy atom. The average molecular weight is 242 g/mol. The Labute approximate surface area is 107 Å². The molecule has 0 N–H and O–H groups in total. The fourth-order valence-corrected chi connectivity index (χ4v) is 2.35. The molecule has 1 aliphatic heterocycles. The summed E-state index contributed by atoms with van der Waals surface area (Å²) in [7, 11) is 0. The van der Waals surface area contributed by atoms with E-state index in [1.807, 2.05) is 0 Å². The largest absolute Gasteiger partial charge is 0.379 e. The van der Waals surface area contributed by atoms with Crippen LogP contribution in [0.4, 0.5) is 0 Å². The molecule has 1 heterocycles. The Bertz CT molecular complexity index is 175. The highest BCUT2D eigenvalue weighted by molar-refractivity contribution is 4.67. The minimum absolute atomic E-state index is 0.639. The monoisotopic (exact) mass is 242 g/mol. The quantitative estimate of drug-likeness (QED) is 0.738. The van der Waals surface area contributed by atoms with E-state index in [4.69, 9.17) is 4.74 Å². The summed E-state index contributed by atoms with van der Waals surface area (Å²) in [6.07, 6.45) is 2.61. The molecule has 1 aliphatic rings. The van der Waals surface area contributed by atoms with Crippen LogP contribution in [0.15, 0.2) is 0 Å². The fraction of sp³-hybridized carbons (Fsp3) is 1.00. The molecule has 1 rings (SSSR count). The number of rotatable bonds is 2. The van der Waals surface area contributed by atoms with Gasteiger partial charge in [-0.2, -0.15) is 0 Å². The summed E-state index contributed by atoms with van der Waals surface area (Å²) >= 11 is 0. The van der Waals surface area contributed by atoms with E-state index in [9.17, 15) is 0 Å². The lowest BCUT2D eigenvalue weighted by molar-refractivity contribution is 0.0752. The molecule has 0 atom stereocenters. The van der Waals surface area contributed by atoms with E-state index in [-0.39, 0.29) is 0 Å². The Balaban J connectivity index is 2.41. The molecule has 3 heteroatoms. The minimum atomic E-state index is 0.639. The average Bonchev–Trinajstić information content (AvgIpc) is 2.31. The van der Waals surface area contributed by atoms with Gasteiger partial charge in [-0.15, -0.1) is 0 Å². The van der Waals surface area contributed by atoms with Crippen molar-refractivity contribution in [3.05, 3.63) is 0 Å². The molecule has 102 valence electrons. The first-order valence-corrected chi connectivity index (χ1v) is 7.17. The first-order valence-electron chi connectivity index (χ1n) is 7.17. The zero-order valence-corrected chi connectivity index (χ0v) is 12.1. The van der Waals surface area contributed by atoms with Gasteiger partial charge in [-0.3, -0.25) is 9.80 Å².